The van der Waals surface area contributed by atoms with Crippen LogP contribution in [0.4, 0.5) is 4.39 Å². The number of nitrogens with one attached hydrogen (secondary N) is 1. The Kier molecular flexibility index (Phi) is 5.69. The van der Waals surface area contributed by atoms with E-state index in [0.717, 1.165) is 6.42 Å². The van der Waals surface area contributed by atoms with E-state index in [1.807, 2.05) is 6.92 Å². The molecule has 0 heterocycles. The lowest BCUT2D eigenvalue weighted by Crippen LogP contribution is -2.43. The highest BCUT2D eigenvalue weighted by molar-refractivity contribution is 7.80. The van der Waals surface area contributed by atoms with Crippen molar-refractivity contribution in [1.29, 1.82) is 0 Å². The summed E-state index contributed by atoms with van der Waals surface area (Å²) in [5, 5.41) is 2.72. The number of benzene rings is 1. The minimum absolute atomic E-state index is 0.0232. The van der Waals surface area contributed by atoms with Crippen LogP contribution >= 0.6 is 12.2 Å². The van der Waals surface area contributed by atoms with Crippen LogP contribution in [0.3, 0.4) is 0 Å². The molecule has 1 atom stereocenters. The van der Waals surface area contributed by atoms with E-state index < -0.39 is 5.82 Å². The van der Waals surface area contributed by atoms with Gasteiger partial charge in [0.05, 0.1) is 18.1 Å². The number of hydrogen-bond donors (Lipinski definition) is 2. The standard InChI is InChI=1S/C13H17FN2O2S/c1-3-4-10(12(15)19)16-13(17)8-5-6-9(14)11(7-8)18-2/h5-7,10H,3-4H2,1-2H3,(H2,15,19)(H,16,17). The first-order valence-electron chi connectivity index (χ1n) is 5.93. The van der Waals surface area contributed by atoms with E-state index in [-0.39, 0.29) is 22.7 Å². The summed E-state index contributed by atoms with van der Waals surface area (Å²) in [4.78, 5) is 12.2. The summed E-state index contributed by atoms with van der Waals surface area (Å²) in [6.45, 7) is 1.97. The summed E-state index contributed by atoms with van der Waals surface area (Å²) in [6, 6.07) is 3.55. The first-order valence-corrected chi connectivity index (χ1v) is 6.34. The van der Waals surface area contributed by atoms with Crippen molar-refractivity contribution >= 4 is 23.1 Å². The molecule has 19 heavy (non-hydrogen) atoms. The lowest BCUT2D eigenvalue weighted by Gasteiger charge is -2.16. The number of carbonyl (C=O) groups excluding carboxylic acids is 1. The number of amides is 1. The number of thiocarbonyl (C=S) groups is 1. The molecule has 0 saturated carbocycles. The van der Waals surface area contributed by atoms with Gasteiger partial charge in [-0.05, 0) is 24.6 Å². The largest absolute Gasteiger partial charge is 0.494 e. The van der Waals surface area contributed by atoms with Gasteiger partial charge in [0, 0.05) is 5.56 Å². The fraction of sp³-hybridized carbons (Fsp3) is 0.385. The van der Waals surface area contributed by atoms with Gasteiger partial charge in [0.2, 0.25) is 0 Å². The molecule has 0 aliphatic heterocycles. The summed E-state index contributed by atoms with van der Waals surface area (Å²) in [6.07, 6.45) is 1.51. The molecular formula is C13H17FN2O2S. The van der Waals surface area contributed by atoms with E-state index in [0.29, 0.717) is 12.0 Å². The minimum atomic E-state index is -0.515. The Morgan fingerprint density at radius 2 is 2.26 bits per heavy atom. The fourth-order valence-electron chi connectivity index (χ4n) is 1.62. The highest BCUT2D eigenvalue weighted by Crippen LogP contribution is 2.18. The molecule has 1 aromatic rings. The summed E-state index contributed by atoms with van der Waals surface area (Å²) >= 11 is 4.90. The SMILES string of the molecule is CCCC(NC(=O)c1ccc(F)c(OC)c1)C(N)=S. The number of nitrogens with two attached hydrogens (primary N) is 1. The van der Waals surface area contributed by atoms with Crippen molar-refractivity contribution in [2.24, 2.45) is 5.73 Å². The van der Waals surface area contributed by atoms with Gasteiger partial charge in [0.1, 0.15) is 0 Å². The predicted molar refractivity (Wildman–Crippen MR) is 75.9 cm³/mol. The molecule has 1 amide bonds. The Hall–Kier alpha value is -1.69. The second kappa shape index (κ2) is 7.04. The zero-order valence-electron chi connectivity index (χ0n) is 10.9. The average molecular weight is 284 g/mol. The number of methoxy groups -OCH3 is 1. The maximum atomic E-state index is 13.2. The molecule has 6 heteroatoms. The Morgan fingerprint density at radius 3 is 2.79 bits per heavy atom. The maximum Gasteiger partial charge on any atom is 0.251 e. The molecule has 1 unspecified atom stereocenters. The predicted octanol–water partition coefficient (Wildman–Crippen LogP) is 2.02. The topological polar surface area (TPSA) is 64.3 Å². The van der Waals surface area contributed by atoms with Gasteiger partial charge in [0.25, 0.3) is 5.91 Å². The van der Waals surface area contributed by atoms with Gasteiger partial charge in [-0.3, -0.25) is 4.79 Å². The van der Waals surface area contributed by atoms with Gasteiger partial charge in [-0.25, -0.2) is 4.39 Å². The summed E-state index contributed by atoms with van der Waals surface area (Å²) in [7, 11) is 1.34. The van der Waals surface area contributed by atoms with Crippen molar-refractivity contribution < 1.29 is 13.9 Å². The van der Waals surface area contributed by atoms with E-state index in [1.165, 1.54) is 25.3 Å². The first kappa shape index (κ1) is 15.4. The zero-order chi connectivity index (χ0) is 14.4. The van der Waals surface area contributed by atoms with Gasteiger partial charge < -0.3 is 15.8 Å². The lowest BCUT2D eigenvalue weighted by atomic mass is 10.1. The van der Waals surface area contributed by atoms with E-state index in [1.54, 1.807) is 0 Å². The number of rotatable bonds is 6. The number of hydrogen-bond acceptors (Lipinski definition) is 3. The summed E-state index contributed by atoms with van der Waals surface area (Å²) in [5.74, 6) is -0.849. The molecule has 0 aliphatic rings. The first-order chi connectivity index (χ1) is 8.99. The molecule has 1 aromatic carbocycles. The third kappa shape index (κ3) is 4.17. The van der Waals surface area contributed by atoms with Gasteiger partial charge in [-0.2, -0.15) is 0 Å². The Bertz CT molecular complexity index is 480. The highest BCUT2D eigenvalue weighted by Gasteiger charge is 2.16. The monoisotopic (exact) mass is 284 g/mol. The molecule has 0 bridgehead atoms. The van der Waals surface area contributed by atoms with Gasteiger partial charge in [-0.1, -0.05) is 25.6 Å². The lowest BCUT2D eigenvalue weighted by molar-refractivity contribution is 0.0945. The van der Waals surface area contributed by atoms with E-state index >= 15 is 0 Å². The molecule has 0 radical (unpaired) electrons. The zero-order valence-corrected chi connectivity index (χ0v) is 11.7. The van der Waals surface area contributed by atoms with Crippen molar-refractivity contribution in [3.8, 4) is 5.75 Å². The van der Waals surface area contributed by atoms with Crippen molar-refractivity contribution in [2.45, 2.75) is 25.8 Å². The van der Waals surface area contributed by atoms with Gasteiger partial charge in [-0.15, -0.1) is 0 Å². The molecule has 3 N–H and O–H groups in total. The van der Waals surface area contributed by atoms with E-state index in [2.05, 4.69) is 5.32 Å². The maximum absolute atomic E-state index is 13.2. The second-order valence-electron chi connectivity index (χ2n) is 4.07. The van der Waals surface area contributed by atoms with Crippen LogP contribution < -0.4 is 15.8 Å². The van der Waals surface area contributed by atoms with Gasteiger partial charge in [0.15, 0.2) is 11.6 Å². The van der Waals surface area contributed by atoms with Crippen LogP contribution in [-0.4, -0.2) is 24.0 Å². The number of carbonyl (C=O) groups is 1. The summed E-state index contributed by atoms with van der Waals surface area (Å²) in [5.41, 5.74) is 5.86. The van der Waals surface area contributed by atoms with Crippen molar-refractivity contribution in [1.82, 2.24) is 5.32 Å². The smallest absolute Gasteiger partial charge is 0.251 e. The second-order valence-corrected chi connectivity index (χ2v) is 4.54. The number of halogens is 1. The van der Waals surface area contributed by atoms with Crippen molar-refractivity contribution in [3.63, 3.8) is 0 Å². The van der Waals surface area contributed by atoms with Crippen LogP contribution in [0.15, 0.2) is 18.2 Å². The third-order valence-corrected chi connectivity index (χ3v) is 2.92. The molecular weight excluding hydrogens is 267 g/mol. The molecule has 1 rings (SSSR count). The number of ether oxygens (including phenoxy) is 1. The Labute approximate surface area is 117 Å². The van der Waals surface area contributed by atoms with Crippen LogP contribution in [0.2, 0.25) is 0 Å². The minimum Gasteiger partial charge on any atom is -0.494 e. The molecule has 0 spiro atoms. The highest BCUT2D eigenvalue weighted by atomic mass is 32.1. The van der Waals surface area contributed by atoms with Crippen LogP contribution in [0, 0.1) is 5.82 Å². The van der Waals surface area contributed by atoms with Crippen LogP contribution in [-0.2, 0) is 0 Å². The van der Waals surface area contributed by atoms with Crippen LogP contribution in [0.5, 0.6) is 5.75 Å². The third-order valence-electron chi connectivity index (χ3n) is 2.64. The Balaban J connectivity index is 2.85. The van der Waals surface area contributed by atoms with Crippen LogP contribution in [0.25, 0.3) is 0 Å². The van der Waals surface area contributed by atoms with Crippen molar-refractivity contribution in [3.05, 3.63) is 29.6 Å². The Morgan fingerprint density at radius 1 is 1.58 bits per heavy atom. The fourth-order valence-corrected chi connectivity index (χ4v) is 1.79. The quantitative estimate of drug-likeness (QED) is 0.784. The normalized spacial score (nSPS) is 11.7. The molecule has 0 aromatic heterocycles. The average Bonchev–Trinajstić information content (AvgIpc) is 2.38. The molecule has 0 saturated heterocycles. The summed E-state index contributed by atoms with van der Waals surface area (Å²) < 4.78 is 18.1. The van der Waals surface area contributed by atoms with E-state index in [4.69, 9.17) is 22.7 Å². The van der Waals surface area contributed by atoms with Crippen molar-refractivity contribution in [2.75, 3.05) is 7.11 Å². The molecule has 0 aliphatic carbocycles. The van der Waals surface area contributed by atoms with Gasteiger partial charge >= 0.3 is 0 Å². The molecule has 104 valence electrons. The molecule has 0 fully saturated rings. The van der Waals surface area contributed by atoms with E-state index in [9.17, 15) is 9.18 Å². The molecule has 4 nitrogen and oxygen atoms in total. The van der Waals surface area contributed by atoms with Crippen LogP contribution in [0.1, 0.15) is 30.1 Å².